The predicted octanol–water partition coefficient (Wildman–Crippen LogP) is 2.21. The third-order valence-electron chi connectivity index (χ3n) is 5.70. The highest BCUT2D eigenvalue weighted by Crippen LogP contribution is 2.33. The molecule has 0 radical (unpaired) electrons. The fourth-order valence-electron chi connectivity index (χ4n) is 4.18. The lowest BCUT2D eigenvalue weighted by Gasteiger charge is -2.10. The molecule has 0 aliphatic heterocycles. The maximum atomic E-state index is 13.7. The molecule has 0 atom stereocenters. The number of aryl methyl sites for hydroxylation is 3. The minimum absolute atomic E-state index is 0.0377. The van der Waals surface area contributed by atoms with Crippen molar-refractivity contribution in [3.63, 3.8) is 0 Å². The van der Waals surface area contributed by atoms with Crippen molar-refractivity contribution in [2.75, 3.05) is 5.73 Å². The number of rotatable bonds is 5. The number of oxazole rings is 1. The van der Waals surface area contributed by atoms with Gasteiger partial charge in [-0.05, 0) is 55.8 Å². The van der Waals surface area contributed by atoms with E-state index in [1.807, 2.05) is 6.07 Å². The summed E-state index contributed by atoms with van der Waals surface area (Å²) in [5, 5.41) is 12.9. The number of hydrogen-bond donors (Lipinski definition) is 3. The maximum Gasteiger partial charge on any atom is 0.428 e. The monoisotopic (exact) mass is 476 g/mol. The van der Waals surface area contributed by atoms with E-state index in [0.717, 1.165) is 0 Å². The molecule has 10 nitrogen and oxygen atoms in total. The quantitative estimate of drug-likeness (QED) is 0.330. The Bertz CT molecular complexity index is 1630. The Morgan fingerprint density at radius 2 is 1.86 bits per heavy atom. The number of fused-ring (bicyclic) bond motifs is 1. The zero-order valence-corrected chi connectivity index (χ0v) is 19.3. The molecule has 0 bridgehead atoms. The molecule has 35 heavy (non-hydrogen) atoms. The van der Waals surface area contributed by atoms with Crippen molar-refractivity contribution < 1.29 is 18.3 Å². The van der Waals surface area contributed by atoms with Crippen LogP contribution in [-0.2, 0) is 13.2 Å². The van der Waals surface area contributed by atoms with Gasteiger partial charge in [0.05, 0.1) is 17.9 Å². The zero-order chi connectivity index (χ0) is 24.9. The minimum atomic E-state index is -0.440. The number of nitrogens with zero attached hydrogens (tertiary/aromatic N) is 5. The summed E-state index contributed by atoms with van der Waals surface area (Å²) in [5.74, 6) is 0.676. The van der Waals surface area contributed by atoms with Gasteiger partial charge in [0.15, 0.2) is 5.89 Å². The highest BCUT2D eigenvalue weighted by atomic mass is 19.1. The number of aliphatic hydroxyl groups is 1. The lowest BCUT2D eigenvalue weighted by Crippen LogP contribution is -2.44. The molecule has 5 aromatic rings. The number of anilines is 1. The van der Waals surface area contributed by atoms with Crippen LogP contribution in [-0.4, -0.2) is 29.8 Å². The molecule has 178 valence electrons. The first kappa shape index (κ1) is 22.4. The second kappa shape index (κ2) is 8.44. The second-order valence-corrected chi connectivity index (χ2v) is 8.25. The Labute approximate surface area is 198 Å². The van der Waals surface area contributed by atoms with E-state index in [2.05, 4.69) is 20.1 Å². The molecule has 11 heteroatoms. The molecule has 0 aliphatic rings. The van der Waals surface area contributed by atoms with Crippen molar-refractivity contribution in [2.45, 2.75) is 33.9 Å². The van der Waals surface area contributed by atoms with Gasteiger partial charge in [-0.15, -0.1) is 9.38 Å². The van der Waals surface area contributed by atoms with Crippen LogP contribution in [0.15, 0.2) is 45.6 Å². The minimum Gasteiger partial charge on any atom is -0.446 e. The first-order valence-electron chi connectivity index (χ1n) is 10.9. The van der Waals surface area contributed by atoms with Crippen LogP contribution in [0.2, 0.25) is 0 Å². The van der Waals surface area contributed by atoms with E-state index in [1.165, 1.54) is 21.2 Å². The summed E-state index contributed by atoms with van der Waals surface area (Å²) < 4.78 is 21.8. The Balaban J connectivity index is 1.82. The summed E-state index contributed by atoms with van der Waals surface area (Å²) in [6, 6.07) is 9.38. The third kappa shape index (κ3) is 3.95. The van der Waals surface area contributed by atoms with Gasteiger partial charge in [-0.3, -0.25) is 4.98 Å². The standard InChI is InChI=1S/C24H22FN7O3/c1-12-8-16(9-18(11-33)27-12)20-21(15-4-6-17(25)7-5-15)29-23(26)32-22(20)30-31(24(32)34)10-19-13(2)35-14(3)28-19/h4-9,33H,10-11H2,1-3H3,(H2,26,27,29,30)/p+1. The van der Waals surface area contributed by atoms with Crippen molar-refractivity contribution in [2.24, 2.45) is 0 Å². The first-order chi connectivity index (χ1) is 16.7. The topological polar surface area (TPSA) is 140 Å². The molecule has 0 unspecified atom stereocenters. The second-order valence-electron chi connectivity index (χ2n) is 8.25. The van der Waals surface area contributed by atoms with E-state index < -0.39 is 5.69 Å². The molecular formula is C24H23FN7O3+. The van der Waals surface area contributed by atoms with Crippen LogP contribution >= 0.6 is 0 Å². The summed E-state index contributed by atoms with van der Waals surface area (Å²) in [4.78, 5) is 26.6. The summed E-state index contributed by atoms with van der Waals surface area (Å²) in [7, 11) is 0. The molecular weight excluding hydrogens is 453 g/mol. The van der Waals surface area contributed by atoms with Crippen LogP contribution in [0.1, 0.15) is 28.7 Å². The Morgan fingerprint density at radius 1 is 1.11 bits per heavy atom. The number of pyridine rings is 1. The summed E-state index contributed by atoms with van der Waals surface area (Å²) in [5.41, 5.74) is 10.2. The highest BCUT2D eigenvalue weighted by Gasteiger charge is 2.27. The lowest BCUT2D eigenvalue weighted by molar-refractivity contribution is -0.516. The molecule has 4 heterocycles. The molecule has 5 rings (SSSR count). The average molecular weight is 476 g/mol. The molecule has 4 aromatic heterocycles. The number of aliphatic hydroxyl groups excluding tert-OH is 1. The summed E-state index contributed by atoms with van der Waals surface area (Å²) >= 11 is 0. The number of aromatic amines is 1. The van der Waals surface area contributed by atoms with Gasteiger partial charge in [0.25, 0.3) is 0 Å². The number of halogens is 1. The molecule has 1 aromatic carbocycles. The van der Waals surface area contributed by atoms with E-state index in [4.69, 9.17) is 10.2 Å². The third-order valence-corrected chi connectivity index (χ3v) is 5.70. The smallest absolute Gasteiger partial charge is 0.428 e. The van der Waals surface area contributed by atoms with Gasteiger partial charge in [0.1, 0.15) is 29.5 Å². The Morgan fingerprint density at radius 3 is 2.51 bits per heavy atom. The SMILES string of the molecule is Cc1cc(-c2c(-c3ccc(F)cc3)nc(N)[n+]3c(=O)n(Cc4nc(C)oc4C)[nH]c23)cc(CO)n1. The number of nitrogens with one attached hydrogen (secondary N) is 1. The summed E-state index contributed by atoms with van der Waals surface area (Å²) in [6.45, 7) is 5.19. The van der Waals surface area contributed by atoms with Crippen molar-refractivity contribution in [3.05, 3.63) is 81.4 Å². The van der Waals surface area contributed by atoms with Crippen LogP contribution < -0.4 is 15.8 Å². The van der Waals surface area contributed by atoms with Crippen molar-refractivity contribution in [3.8, 4) is 22.4 Å². The van der Waals surface area contributed by atoms with Crippen LogP contribution in [0, 0.1) is 26.6 Å². The fraction of sp³-hybridized carbons (Fsp3) is 0.208. The normalized spacial score (nSPS) is 11.5. The predicted molar refractivity (Wildman–Crippen MR) is 125 cm³/mol. The van der Waals surface area contributed by atoms with E-state index in [1.54, 1.807) is 39.0 Å². The number of nitrogens with two attached hydrogens (primary N) is 1. The van der Waals surface area contributed by atoms with Crippen LogP contribution in [0.4, 0.5) is 10.3 Å². The maximum absolute atomic E-state index is 13.7. The van der Waals surface area contributed by atoms with E-state index in [0.29, 0.717) is 56.8 Å². The van der Waals surface area contributed by atoms with E-state index in [9.17, 15) is 14.3 Å². The largest absolute Gasteiger partial charge is 0.446 e. The number of aromatic nitrogens is 6. The molecule has 0 saturated heterocycles. The van der Waals surface area contributed by atoms with Gasteiger partial charge in [-0.2, -0.15) is 4.68 Å². The zero-order valence-electron chi connectivity index (χ0n) is 19.3. The average Bonchev–Trinajstić information content (AvgIpc) is 3.31. The van der Waals surface area contributed by atoms with Gasteiger partial charge >= 0.3 is 11.6 Å². The molecule has 0 saturated carbocycles. The van der Waals surface area contributed by atoms with Crippen LogP contribution in [0.3, 0.4) is 0 Å². The molecule has 0 spiro atoms. The van der Waals surface area contributed by atoms with E-state index in [-0.39, 0.29) is 24.9 Å². The van der Waals surface area contributed by atoms with Crippen LogP contribution in [0.5, 0.6) is 0 Å². The van der Waals surface area contributed by atoms with Crippen LogP contribution in [0.25, 0.3) is 28.0 Å². The highest BCUT2D eigenvalue weighted by molar-refractivity contribution is 5.88. The van der Waals surface area contributed by atoms with Gasteiger partial charge in [0, 0.05) is 18.2 Å². The number of nitrogen functional groups attached to an aromatic ring is 1. The number of H-pyrrole nitrogens is 1. The number of hydrogen-bond acceptors (Lipinski definition) is 7. The van der Waals surface area contributed by atoms with Crippen molar-refractivity contribution in [1.29, 1.82) is 0 Å². The van der Waals surface area contributed by atoms with Gasteiger partial charge < -0.3 is 15.3 Å². The lowest BCUT2D eigenvalue weighted by atomic mass is 9.99. The molecule has 0 aliphatic carbocycles. The fourth-order valence-corrected chi connectivity index (χ4v) is 4.18. The van der Waals surface area contributed by atoms with Crippen molar-refractivity contribution >= 4 is 11.6 Å². The Hall–Kier alpha value is -4.38. The summed E-state index contributed by atoms with van der Waals surface area (Å²) in [6.07, 6.45) is 0. The number of benzene rings is 1. The van der Waals surface area contributed by atoms with Gasteiger partial charge in [-0.25, -0.2) is 19.3 Å². The van der Waals surface area contributed by atoms with Gasteiger partial charge in [0.2, 0.25) is 5.65 Å². The van der Waals surface area contributed by atoms with Crippen molar-refractivity contribution in [1.82, 2.24) is 24.7 Å². The Kier molecular flexibility index (Phi) is 5.40. The van der Waals surface area contributed by atoms with Gasteiger partial charge in [-0.1, -0.05) is 0 Å². The molecule has 0 fully saturated rings. The van der Waals surface area contributed by atoms with E-state index >= 15 is 0 Å². The molecule has 4 N–H and O–H groups in total. The molecule has 0 amide bonds. The first-order valence-corrected chi connectivity index (χ1v) is 10.9.